The van der Waals surface area contributed by atoms with Gasteiger partial charge in [-0.3, -0.25) is 0 Å². The van der Waals surface area contributed by atoms with Crippen LogP contribution in [0.5, 0.6) is 0 Å². The van der Waals surface area contributed by atoms with Crippen LogP contribution in [0.25, 0.3) is 11.3 Å². The Labute approximate surface area is 102 Å². The molecule has 4 heteroatoms. The number of H-pyrrole nitrogens is 1. The fraction of sp³-hybridized carbons (Fsp3) is 0.250. The molecule has 2 heterocycles. The summed E-state index contributed by atoms with van der Waals surface area (Å²) < 4.78 is 1.09. The summed E-state index contributed by atoms with van der Waals surface area (Å²) in [5.41, 5.74) is 2.25. The summed E-state index contributed by atoms with van der Waals surface area (Å²) in [7, 11) is 0. The molecule has 1 fully saturated rings. The minimum Gasteiger partial charge on any atom is -0.342 e. The molecule has 1 aromatic carbocycles. The lowest BCUT2D eigenvalue weighted by Gasteiger charge is -2.24. The van der Waals surface area contributed by atoms with E-state index in [0.717, 1.165) is 29.1 Å². The van der Waals surface area contributed by atoms with Crippen molar-refractivity contribution in [3.8, 4) is 11.3 Å². The van der Waals surface area contributed by atoms with Crippen LogP contribution in [0.2, 0.25) is 0 Å². The van der Waals surface area contributed by atoms with Crippen molar-refractivity contribution in [1.82, 2.24) is 15.3 Å². The minimum atomic E-state index is 0.556. The lowest BCUT2D eigenvalue weighted by Crippen LogP contribution is -2.40. The van der Waals surface area contributed by atoms with E-state index in [1.165, 1.54) is 5.56 Å². The molecule has 0 saturated carbocycles. The van der Waals surface area contributed by atoms with Gasteiger partial charge in [0.25, 0.3) is 0 Å². The van der Waals surface area contributed by atoms with Crippen LogP contribution in [0.3, 0.4) is 0 Å². The molecule has 0 radical (unpaired) electrons. The van der Waals surface area contributed by atoms with E-state index < -0.39 is 0 Å². The quantitative estimate of drug-likeness (QED) is 0.886. The lowest BCUT2D eigenvalue weighted by atomic mass is 10.0. The highest BCUT2D eigenvalue weighted by Gasteiger charge is 2.21. The standard InChI is InChI=1S/C12H12BrN3/c13-10-3-1-2-8(4-10)11-7-15-12(16-11)9-5-14-6-9/h1-4,7,9,14H,5-6H2,(H,15,16). The van der Waals surface area contributed by atoms with Gasteiger partial charge in [-0.15, -0.1) is 0 Å². The second-order valence-corrected chi connectivity index (χ2v) is 4.96. The Morgan fingerprint density at radius 3 is 2.88 bits per heavy atom. The van der Waals surface area contributed by atoms with Crippen molar-refractivity contribution < 1.29 is 0 Å². The number of aromatic nitrogens is 2. The molecule has 1 aliphatic heterocycles. The molecule has 0 bridgehead atoms. The van der Waals surface area contributed by atoms with Gasteiger partial charge < -0.3 is 10.3 Å². The van der Waals surface area contributed by atoms with Crippen LogP contribution in [0.1, 0.15) is 11.7 Å². The SMILES string of the molecule is Brc1cccc(-c2cnc(C3CNC3)[nH]2)c1. The molecule has 1 saturated heterocycles. The first kappa shape index (κ1) is 10.1. The van der Waals surface area contributed by atoms with E-state index in [-0.39, 0.29) is 0 Å². The van der Waals surface area contributed by atoms with Crippen LogP contribution in [0.4, 0.5) is 0 Å². The van der Waals surface area contributed by atoms with Crippen molar-refractivity contribution in [2.24, 2.45) is 0 Å². The van der Waals surface area contributed by atoms with Crippen molar-refractivity contribution in [1.29, 1.82) is 0 Å². The second kappa shape index (κ2) is 4.03. The first-order valence-corrected chi connectivity index (χ1v) is 6.14. The number of nitrogens with one attached hydrogen (secondary N) is 2. The molecule has 2 N–H and O–H groups in total. The first-order valence-electron chi connectivity index (χ1n) is 5.34. The Bertz CT molecular complexity index is 502. The van der Waals surface area contributed by atoms with Gasteiger partial charge in [0.1, 0.15) is 5.82 Å². The number of hydrogen-bond donors (Lipinski definition) is 2. The zero-order valence-electron chi connectivity index (χ0n) is 8.70. The molecule has 1 aromatic heterocycles. The minimum absolute atomic E-state index is 0.556. The maximum atomic E-state index is 4.43. The molecule has 2 aromatic rings. The van der Waals surface area contributed by atoms with Gasteiger partial charge in [-0.25, -0.2) is 4.98 Å². The molecular weight excluding hydrogens is 266 g/mol. The zero-order valence-corrected chi connectivity index (χ0v) is 10.3. The number of halogens is 1. The Hall–Kier alpha value is -1.13. The van der Waals surface area contributed by atoms with E-state index in [2.05, 4.69) is 43.3 Å². The molecule has 3 nitrogen and oxygen atoms in total. The highest BCUT2D eigenvalue weighted by atomic mass is 79.9. The van der Waals surface area contributed by atoms with Crippen LogP contribution in [0.15, 0.2) is 34.9 Å². The van der Waals surface area contributed by atoms with Gasteiger partial charge in [0.05, 0.1) is 11.9 Å². The van der Waals surface area contributed by atoms with E-state index in [4.69, 9.17) is 0 Å². The molecule has 1 aliphatic rings. The van der Waals surface area contributed by atoms with Gasteiger partial charge in [0, 0.05) is 29.0 Å². The highest BCUT2D eigenvalue weighted by Crippen LogP contribution is 2.24. The fourth-order valence-electron chi connectivity index (χ4n) is 1.83. The molecule has 16 heavy (non-hydrogen) atoms. The van der Waals surface area contributed by atoms with Gasteiger partial charge in [-0.05, 0) is 12.1 Å². The first-order chi connectivity index (χ1) is 7.83. The molecule has 0 atom stereocenters. The fourth-order valence-corrected chi connectivity index (χ4v) is 2.23. The normalized spacial score (nSPS) is 16.1. The third-order valence-corrected chi connectivity index (χ3v) is 3.39. The zero-order chi connectivity index (χ0) is 11.0. The summed E-state index contributed by atoms with van der Waals surface area (Å²) in [4.78, 5) is 7.82. The van der Waals surface area contributed by atoms with Crippen molar-refractivity contribution in [2.75, 3.05) is 13.1 Å². The van der Waals surface area contributed by atoms with Crippen LogP contribution in [-0.2, 0) is 0 Å². The number of benzene rings is 1. The number of hydrogen-bond acceptors (Lipinski definition) is 2. The maximum Gasteiger partial charge on any atom is 0.112 e. The predicted octanol–water partition coefficient (Wildman–Crippen LogP) is 2.53. The average molecular weight is 278 g/mol. The van der Waals surface area contributed by atoms with Crippen molar-refractivity contribution in [2.45, 2.75) is 5.92 Å². The van der Waals surface area contributed by atoms with Gasteiger partial charge in [0.15, 0.2) is 0 Å². The van der Waals surface area contributed by atoms with E-state index in [0.29, 0.717) is 5.92 Å². The topological polar surface area (TPSA) is 40.7 Å². The Morgan fingerprint density at radius 2 is 2.19 bits per heavy atom. The summed E-state index contributed by atoms with van der Waals surface area (Å²) in [6.07, 6.45) is 1.91. The molecular formula is C12H12BrN3. The summed E-state index contributed by atoms with van der Waals surface area (Å²) in [5, 5.41) is 3.25. The Kier molecular flexibility index (Phi) is 2.53. The van der Waals surface area contributed by atoms with Crippen LogP contribution < -0.4 is 5.32 Å². The summed E-state index contributed by atoms with van der Waals surface area (Å²) in [6, 6.07) is 8.23. The van der Waals surface area contributed by atoms with Crippen LogP contribution in [-0.4, -0.2) is 23.1 Å². The van der Waals surface area contributed by atoms with E-state index >= 15 is 0 Å². The molecule has 0 amide bonds. The summed E-state index contributed by atoms with van der Waals surface area (Å²) >= 11 is 3.48. The van der Waals surface area contributed by atoms with Gasteiger partial charge in [-0.2, -0.15) is 0 Å². The number of nitrogens with zero attached hydrogens (tertiary/aromatic N) is 1. The van der Waals surface area contributed by atoms with E-state index in [1.54, 1.807) is 0 Å². The number of imidazole rings is 1. The Balaban J connectivity index is 1.91. The second-order valence-electron chi connectivity index (χ2n) is 4.05. The Morgan fingerprint density at radius 1 is 1.31 bits per heavy atom. The van der Waals surface area contributed by atoms with E-state index in [9.17, 15) is 0 Å². The molecule has 0 aliphatic carbocycles. The lowest BCUT2D eigenvalue weighted by molar-refractivity contribution is 0.433. The van der Waals surface area contributed by atoms with Crippen LogP contribution >= 0.6 is 15.9 Å². The molecule has 82 valence electrons. The largest absolute Gasteiger partial charge is 0.342 e. The maximum absolute atomic E-state index is 4.43. The molecule has 3 rings (SSSR count). The van der Waals surface area contributed by atoms with Crippen LogP contribution in [0, 0.1) is 0 Å². The van der Waals surface area contributed by atoms with Gasteiger partial charge in [-0.1, -0.05) is 28.1 Å². The van der Waals surface area contributed by atoms with Gasteiger partial charge >= 0.3 is 0 Å². The van der Waals surface area contributed by atoms with Crippen molar-refractivity contribution in [3.05, 3.63) is 40.8 Å². The smallest absolute Gasteiger partial charge is 0.112 e. The highest BCUT2D eigenvalue weighted by molar-refractivity contribution is 9.10. The average Bonchev–Trinajstić information content (AvgIpc) is 2.64. The monoisotopic (exact) mass is 277 g/mol. The van der Waals surface area contributed by atoms with E-state index in [1.807, 2.05) is 18.3 Å². The summed E-state index contributed by atoms with van der Waals surface area (Å²) in [6.45, 7) is 2.07. The third-order valence-electron chi connectivity index (χ3n) is 2.90. The predicted molar refractivity (Wildman–Crippen MR) is 67.3 cm³/mol. The van der Waals surface area contributed by atoms with Crippen molar-refractivity contribution >= 4 is 15.9 Å². The molecule has 0 spiro atoms. The molecule has 0 unspecified atom stereocenters. The van der Waals surface area contributed by atoms with Gasteiger partial charge in [0.2, 0.25) is 0 Å². The third kappa shape index (κ3) is 1.79. The number of rotatable bonds is 2. The summed E-state index contributed by atoms with van der Waals surface area (Å²) in [5.74, 6) is 1.65. The number of aromatic amines is 1. The van der Waals surface area contributed by atoms with Crippen molar-refractivity contribution in [3.63, 3.8) is 0 Å².